The largest absolute Gasteiger partial charge is 0.303 e. The molecule has 2 nitrogen and oxygen atoms in total. The molecule has 0 aliphatic rings. The number of carbonyl (C=O) groups is 1. The Morgan fingerprint density at radius 1 is 0.957 bits per heavy atom. The second-order valence-electron chi connectivity index (χ2n) is 5.62. The predicted molar refractivity (Wildman–Crippen MR) is 97.2 cm³/mol. The predicted octanol–water partition coefficient (Wildman–Crippen LogP) is 5.21. The van der Waals surface area contributed by atoms with Crippen LogP contribution in [0.5, 0.6) is 0 Å². The van der Waals surface area contributed by atoms with E-state index in [0.717, 1.165) is 16.8 Å². The molecule has 3 aromatic rings. The summed E-state index contributed by atoms with van der Waals surface area (Å²) in [6.45, 7) is 4.62. The van der Waals surface area contributed by atoms with E-state index in [9.17, 15) is 4.79 Å². The standard InChI is InChI=1S/C20H19NOS/c1-15-9-11-17(12-10-15)21(14-18-7-5-13-23-18)20(22)19-8-4-3-6-16(19)2/h3-13H,14H2,1-2H3. The molecule has 1 heterocycles. The summed E-state index contributed by atoms with van der Waals surface area (Å²) in [5.74, 6) is 0.0420. The number of nitrogens with zero attached hydrogens (tertiary/aromatic N) is 1. The summed E-state index contributed by atoms with van der Waals surface area (Å²) >= 11 is 1.67. The molecule has 0 bridgehead atoms. The molecule has 0 saturated heterocycles. The van der Waals surface area contributed by atoms with Crippen molar-refractivity contribution in [2.45, 2.75) is 20.4 Å². The smallest absolute Gasteiger partial charge is 0.258 e. The van der Waals surface area contributed by atoms with E-state index >= 15 is 0 Å². The monoisotopic (exact) mass is 321 g/mol. The van der Waals surface area contributed by atoms with Crippen LogP contribution in [0.2, 0.25) is 0 Å². The molecule has 0 saturated carbocycles. The minimum Gasteiger partial charge on any atom is -0.303 e. The minimum absolute atomic E-state index is 0.0420. The van der Waals surface area contributed by atoms with Gasteiger partial charge in [-0.15, -0.1) is 11.3 Å². The van der Waals surface area contributed by atoms with Crippen LogP contribution in [-0.4, -0.2) is 5.91 Å². The summed E-state index contributed by atoms with van der Waals surface area (Å²) in [5, 5.41) is 2.04. The second-order valence-corrected chi connectivity index (χ2v) is 6.65. The van der Waals surface area contributed by atoms with Crippen molar-refractivity contribution in [2.75, 3.05) is 4.90 Å². The maximum Gasteiger partial charge on any atom is 0.258 e. The molecule has 0 unspecified atom stereocenters. The molecule has 0 fully saturated rings. The number of amides is 1. The normalized spacial score (nSPS) is 10.5. The van der Waals surface area contributed by atoms with Gasteiger partial charge in [-0.05, 0) is 49.1 Å². The molecule has 0 aliphatic carbocycles. The van der Waals surface area contributed by atoms with Crippen molar-refractivity contribution in [3.63, 3.8) is 0 Å². The number of anilines is 1. The van der Waals surface area contributed by atoms with Crippen molar-refractivity contribution in [3.8, 4) is 0 Å². The minimum atomic E-state index is 0.0420. The van der Waals surface area contributed by atoms with E-state index in [1.54, 1.807) is 11.3 Å². The topological polar surface area (TPSA) is 20.3 Å². The van der Waals surface area contributed by atoms with Crippen LogP contribution in [0.1, 0.15) is 26.4 Å². The summed E-state index contributed by atoms with van der Waals surface area (Å²) in [4.78, 5) is 16.1. The lowest BCUT2D eigenvalue weighted by Crippen LogP contribution is -2.30. The number of carbonyl (C=O) groups excluding carboxylic acids is 1. The van der Waals surface area contributed by atoms with Crippen LogP contribution in [-0.2, 0) is 6.54 Å². The van der Waals surface area contributed by atoms with Gasteiger partial charge in [-0.1, -0.05) is 42.0 Å². The molecule has 23 heavy (non-hydrogen) atoms. The summed E-state index contributed by atoms with van der Waals surface area (Å²) in [6, 6.07) is 19.9. The molecule has 1 aromatic heterocycles. The third kappa shape index (κ3) is 3.51. The summed E-state index contributed by atoms with van der Waals surface area (Å²) in [7, 11) is 0. The van der Waals surface area contributed by atoms with Gasteiger partial charge in [-0.25, -0.2) is 0 Å². The lowest BCUT2D eigenvalue weighted by atomic mass is 10.1. The summed E-state index contributed by atoms with van der Waals surface area (Å²) in [6.07, 6.45) is 0. The zero-order chi connectivity index (χ0) is 16.2. The van der Waals surface area contributed by atoms with E-state index in [4.69, 9.17) is 0 Å². The van der Waals surface area contributed by atoms with Gasteiger partial charge in [0.1, 0.15) is 0 Å². The Hall–Kier alpha value is -2.39. The molecule has 0 radical (unpaired) electrons. The van der Waals surface area contributed by atoms with Gasteiger partial charge in [-0.3, -0.25) is 4.79 Å². The van der Waals surface area contributed by atoms with Crippen LogP contribution in [0.3, 0.4) is 0 Å². The molecule has 2 aromatic carbocycles. The van der Waals surface area contributed by atoms with Crippen molar-refractivity contribution in [2.24, 2.45) is 0 Å². The maximum absolute atomic E-state index is 13.1. The second kappa shape index (κ2) is 6.80. The van der Waals surface area contributed by atoms with E-state index in [1.807, 2.05) is 71.8 Å². The van der Waals surface area contributed by atoms with E-state index in [2.05, 4.69) is 13.0 Å². The van der Waals surface area contributed by atoms with Crippen molar-refractivity contribution in [1.82, 2.24) is 0 Å². The lowest BCUT2D eigenvalue weighted by molar-refractivity contribution is 0.0985. The zero-order valence-electron chi connectivity index (χ0n) is 13.3. The van der Waals surface area contributed by atoms with Gasteiger partial charge >= 0.3 is 0 Å². The molecular weight excluding hydrogens is 302 g/mol. The number of rotatable bonds is 4. The maximum atomic E-state index is 13.1. The van der Waals surface area contributed by atoms with Crippen molar-refractivity contribution >= 4 is 22.9 Å². The first-order valence-electron chi connectivity index (χ1n) is 7.62. The average molecular weight is 321 g/mol. The first kappa shape index (κ1) is 15.5. The molecule has 0 spiro atoms. The Bertz CT molecular complexity index is 791. The average Bonchev–Trinajstić information content (AvgIpc) is 3.07. The van der Waals surface area contributed by atoms with Crippen molar-refractivity contribution < 1.29 is 4.79 Å². The van der Waals surface area contributed by atoms with Gasteiger partial charge in [0, 0.05) is 16.1 Å². The first-order chi connectivity index (χ1) is 11.1. The van der Waals surface area contributed by atoms with Crippen LogP contribution in [0.4, 0.5) is 5.69 Å². The third-order valence-electron chi connectivity index (χ3n) is 3.86. The van der Waals surface area contributed by atoms with Gasteiger partial charge in [0.2, 0.25) is 0 Å². The van der Waals surface area contributed by atoms with E-state index in [-0.39, 0.29) is 5.91 Å². The highest BCUT2D eigenvalue weighted by Gasteiger charge is 2.19. The van der Waals surface area contributed by atoms with Crippen LogP contribution in [0.25, 0.3) is 0 Å². The SMILES string of the molecule is Cc1ccc(N(Cc2cccs2)C(=O)c2ccccc2C)cc1. The molecule has 3 rings (SSSR count). The van der Waals surface area contributed by atoms with Crippen molar-refractivity contribution in [1.29, 1.82) is 0 Å². The number of hydrogen-bond acceptors (Lipinski definition) is 2. The molecule has 0 N–H and O–H groups in total. The third-order valence-corrected chi connectivity index (χ3v) is 4.72. The fraction of sp³-hybridized carbons (Fsp3) is 0.150. The number of benzene rings is 2. The fourth-order valence-electron chi connectivity index (χ4n) is 2.52. The first-order valence-corrected chi connectivity index (χ1v) is 8.49. The van der Waals surface area contributed by atoms with E-state index < -0.39 is 0 Å². The Morgan fingerprint density at radius 3 is 2.35 bits per heavy atom. The Balaban J connectivity index is 1.99. The van der Waals surface area contributed by atoms with Gasteiger partial charge < -0.3 is 4.90 Å². The fourth-order valence-corrected chi connectivity index (χ4v) is 3.21. The van der Waals surface area contributed by atoms with Gasteiger partial charge in [0.25, 0.3) is 5.91 Å². The molecular formula is C20H19NOS. The highest BCUT2D eigenvalue weighted by atomic mass is 32.1. The Labute approximate surface area is 141 Å². The van der Waals surface area contributed by atoms with E-state index in [0.29, 0.717) is 6.54 Å². The number of thiophene rings is 1. The molecule has 3 heteroatoms. The Morgan fingerprint density at radius 2 is 1.70 bits per heavy atom. The zero-order valence-corrected chi connectivity index (χ0v) is 14.1. The van der Waals surface area contributed by atoms with Gasteiger partial charge in [0.15, 0.2) is 0 Å². The van der Waals surface area contributed by atoms with Crippen LogP contribution in [0, 0.1) is 13.8 Å². The van der Waals surface area contributed by atoms with Crippen LogP contribution in [0.15, 0.2) is 66.0 Å². The molecule has 1 amide bonds. The van der Waals surface area contributed by atoms with Crippen molar-refractivity contribution in [3.05, 3.63) is 87.6 Å². The van der Waals surface area contributed by atoms with Gasteiger partial charge in [-0.2, -0.15) is 0 Å². The van der Waals surface area contributed by atoms with Crippen LogP contribution >= 0.6 is 11.3 Å². The van der Waals surface area contributed by atoms with Crippen LogP contribution < -0.4 is 4.90 Å². The lowest BCUT2D eigenvalue weighted by Gasteiger charge is -2.23. The quantitative estimate of drug-likeness (QED) is 0.646. The van der Waals surface area contributed by atoms with Gasteiger partial charge in [0.05, 0.1) is 6.54 Å². The molecule has 0 aliphatic heterocycles. The highest BCUT2D eigenvalue weighted by Crippen LogP contribution is 2.23. The number of hydrogen-bond donors (Lipinski definition) is 0. The van der Waals surface area contributed by atoms with E-state index in [1.165, 1.54) is 10.4 Å². The molecule has 0 atom stereocenters. The molecule has 116 valence electrons. The number of aryl methyl sites for hydroxylation is 2. The summed E-state index contributed by atoms with van der Waals surface area (Å²) in [5.41, 5.74) is 3.87. The highest BCUT2D eigenvalue weighted by molar-refractivity contribution is 7.09. The summed E-state index contributed by atoms with van der Waals surface area (Å²) < 4.78 is 0. The Kier molecular flexibility index (Phi) is 4.58.